The van der Waals surface area contributed by atoms with Gasteiger partial charge < -0.3 is 11.1 Å². The van der Waals surface area contributed by atoms with E-state index in [0.29, 0.717) is 16.8 Å². The van der Waals surface area contributed by atoms with Crippen LogP contribution in [0.1, 0.15) is 28.3 Å². The lowest BCUT2D eigenvalue weighted by Gasteiger charge is -2.36. The highest BCUT2D eigenvalue weighted by Crippen LogP contribution is 2.42. The van der Waals surface area contributed by atoms with Crippen LogP contribution >= 0.6 is 0 Å². The molecule has 3 N–H and O–H groups in total. The minimum atomic E-state index is -4.60. The van der Waals surface area contributed by atoms with Gasteiger partial charge in [-0.15, -0.1) is 0 Å². The van der Waals surface area contributed by atoms with Crippen molar-refractivity contribution in [2.45, 2.75) is 18.4 Å². The number of nitrogens with zero attached hydrogens (tertiary/aromatic N) is 2. The Morgan fingerprint density at radius 1 is 0.939 bits per heavy atom. The van der Waals surface area contributed by atoms with Crippen LogP contribution in [0.4, 0.5) is 26.3 Å². The Morgan fingerprint density at radius 2 is 1.55 bits per heavy atom. The van der Waals surface area contributed by atoms with Crippen LogP contribution in [0.2, 0.25) is 0 Å². The Balaban J connectivity index is 1.87. The summed E-state index contributed by atoms with van der Waals surface area (Å²) in [5.74, 6) is -0.102. The maximum atomic E-state index is 13.7. The Bertz CT molecular complexity index is 1160. The fourth-order valence-electron chi connectivity index (χ4n) is 4.20. The summed E-state index contributed by atoms with van der Waals surface area (Å²) in [4.78, 5) is 6.04. The Morgan fingerprint density at radius 3 is 2.21 bits per heavy atom. The van der Waals surface area contributed by atoms with Gasteiger partial charge in [0, 0.05) is 18.8 Å². The third kappa shape index (κ3) is 4.61. The van der Waals surface area contributed by atoms with Gasteiger partial charge in [-0.1, -0.05) is 36.4 Å². The van der Waals surface area contributed by atoms with Gasteiger partial charge in [0.05, 0.1) is 11.1 Å². The maximum absolute atomic E-state index is 13.7. The number of nitrogens with one attached hydrogen (secondary N) is 1. The summed E-state index contributed by atoms with van der Waals surface area (Å²) in [6.07, 6.45) is -7.76. The molecule has 0 fully saturated rings. The molecule has 33 heavy (non-hydrogen) atoms. The molecule has 10 heteroatoms. The second-order valence-electron chi connectivity index (χ2n) is 7.95. The highest BCUT2D eigenvalue weighted by molar-refractivity contribution is 5.84. The fraction of sp³-hybridized carbons (Fsp3) is 0.261. The number of benzene rings is 2. The molecule has 0 radical (unpaired) electrons. The molecule has 2 heterocycles. The molecule has 4 nitrogen and oxygen atoms in total. The minimum absolute atomic E-state index is 0.0442. The number of nitrogens with two attached hydrogens (primary N) is 1. The standard InChI is InChI=1S/C23H20F6N4/c1-33-11-14(10-13-6-2-4-8-17(13)22(24,25)26)19-16(12-33)20(32-21(30)31-19)15-7-3-5-9-18(15)23(27,28)29/h2-10,20H,11-12H2,1H3,(H3,30,31,32)/b14-10+. The van der Waals surface area contributed by atoms with E-state index in [2.05, 4.69) is 10.3 Å². The molecule has 0 spiro atoms. The average Bonchev–Trinajstić information content (AvgIpc) is 2.73. The predicted octanol–water partition coefficient (Wildman–Crippen LogP) is 4.97. The van der Waals surface area contributed by atoms with Crippen LogP contribution in [0.15, 0.2) is 70.4 Å². The van der Waals surface area contributed by atoms with E-state index in [4.69, 9.17) is 5.73 Å². The third-order valence-electron chi connectivity index (χ3n) is 5.53. The van der Waals surface area contributed by atoms with Crippen LogP contribution in [0.5, 0.6) is 0 Å². The predicted molar refractivity (Wildman–Crippen MR) is 113 cm³/mol. The lowest BCUT2D eigenvalue weighted by molar-refractivity contribution is -0.138. The van der Waals surface area contributed by atoms with E-state index in [1.54, 1.807) is 7.05 Å². The highest BCUT2D eigenvalue weighted by Gasteiger charge is 2.39. The summed E-state index contributed by atoms with van der Waals surface area (Å²) in [6, 6.07) is 9.21. The van der Waals surface area contributed by atoms with Gasteiger partial charge in [-0.3, -0.25) is 4.90 Å². The summed E-state index contributed by atoms with van der Waals surface area (Å²) in [5, 5.41) is 2.88. The molecule has 2 aromatic carbocycles. The number of alkyl halides is 6. The van der Waals surface area contributed by atoms with Gasteiger partial charge in [-0.2, -0.15) is 26.3 Å². The molecule has 174 valence electrons. The van der Waals surface area contributed by atoms with Crippen LogP contribution in [0.25, 0.3) is 6.08 Å². The van der Waals surface area contributed by atoms with E-state index >= 15 is 0 Å². The zero-order valence-electron chi connectivity index (χ0n) is 17.4. The molecular formula is C23H20F6N4. The quantitative estimate of drug-likeness (QED) is 0.615. The number of hydrogen-bond acceptors (Lipinski definition) is 4. The summed E-state index contributed by atoms with van der Waals surface area (Å²) in [5.41, 5.74) is 5.56. The maximum Gasteiger partial charge on any atom is 0.416 e. The average molecular weight is 466 g/mol. The molecular weight excluding hydrogens is 446 g/mol. The number of hydrogen-bond donors (Lipinski definition) is 2. The molecule has 0 amide bonds. The summed E-state index contributed by atoms with van der Waals surface area (Å²) in [6.45, 7) is 0.549. The molecule has 1 unspecified atom stereocenters. The van der Waals surface area contributed by atoms with Crippen molar-refractivity contribution in [2.24, 2.45) is 10.7 Å². The van der Waals surface area contributed by atoms with Crippen molar-refractivity contribution in [1.82, 2.24) is 10.2 Å². The van der Waals surface area contributed by atoms with E-state index in [1.807, 2.05) is 4.90 Å². The van der Waals surface area contributed by atoms with Gasteiger partial charge >= 0.3 is 12.4 Å². The van der Waals surface area contributed by atoms with Crippen molar-refractivity contribution in [3.05, 3.63) is 87.6 Å². The molecule has 0 bridgehead atoms. The van der Waals surface area contributed by atoms with Crippen LogP contribution in [-0.2, 0) is 12.4 Å². The van der Waals surface area contributed by atoms with Crippen LogP contribution in [0, 0.1) is 0 Å². The van der Waals surface area contributed by atoms with Crippen LogP contribution < -0.4 is 11.1 Å². The SMILES string of the molecule is CN1CC2=C(NC(N)=NC2c2ccccc2C(F)(F)F)/C(=C/c2ccccc2C(F)(F)F)C1. The zero-order chi connectivity index (χ0) is 24.0. The molecule has 4 rings (SSSR count). The lowest BCUT2D eigenvalue weighted by atomic mass is 9.87. The molecule has 2 aliphatic heterocycles. The molecule has 2 aliphatic rings. The van der Waals surface area contributed by atoms with Gasteiger partial charge in [0.1, 0.15) is 6.04 Å². The van der Waals surface area contributed by atoms with Gasteiger partial charge in [0.2, 0.25) is 0 Å². The topological polar surface area (TPSA) is 53.6 Å². The summed E-state index contributed by atoms with van der Waals surface area (Å²) >= 11 is 0. The van der Waals surface area contributed by atoms with Gasteiger partial charge in [0.15, 0.2) is 5.96 Å². The van der Waals surface area contributed by atoms with Crippen molar-refractivity contribution in [3.63, 3.8) is 0 Å². The van der Waals surface area contributed by atoms with E-state index in [0.717, 1.165) is 12.1 Å². The monoisotopic (exact) mass is 466 g/mol. The first kappa shape index (κ1) is 22.9. The Labute approximate surface area is 186 Å². The second kappa shape index (κ2) is 8.26. The van der Waals surface area contributed by atoms with Crippen molar-refractivity contribution >= 4 is 12.0 Å². The molecule has 1 atom stereocenters. The first-order valence-electron chi connectivity index (χ1n) is 10.0. The third-order valence-corrected chi connectivity index (χ3v) is 5.53. The van der Waals surface area contributed by atoms with Gasteiger partial charge in [0.25, 0.3) is 0 Å². The first-order valence-corrected chi connectivity index (χ1v) is 10.0. The van der Waals surface area contributed by atoms with Crippen molar-refractivity contribution < 1.29 is 26.3 Å². The normalized spacial score (nSPS) is 21.0. The molecule has 0 saturated heterocycles. The van der Waals surface area contributed by atoms with Gasteiger partial charge in [-0.05, 0) is 47.5 Å². The fourth-order valence-corrected chi connectivity index (χ4v) is 4.20. The largest absolute Gasteiger partial charge is 0.416 e. The smallest absolute Gasteiger partial charge is 0.370 e. The second-order valence-corrected chi connectivity index (χ2v) is 7.95. The number of aliphatic imine (C=N–C) groups is 1. The first-order chi connectivity index (χ1) is 15.4. The van der Waals surface area contributed by atoms with Crippen molar-refractivity contribution in [2.75, 3.05) is 20.1 Å². The zero-order valence-corrected chi connectivity index (χ0v) is 17.4. The number of guanidine groups is 1. The van der Waals surface area contributed by atoms with Gasteiger partial charge in [-0.25, -0.2) is 4.99 Å². The van der Waals surface area contributed by atoms with E-state index in [-0.39, 0.29) is 30.2 Å². The summed E-state index contributed by atoms with van der Waals surface area (Å²) < 4.78 is 81.5. The lowest BCUT2D eigenvalue weighted by Crippen LogP contribution is -2.43. The number of likely N-dealkylation sites (N-methyl/N-ethyl adjacent to an activating group) is 1. The van der Waals surface area contributed by atoms with E-state index in [9.17, 15) is 26.3 Å². The highest BCUT2D eigenvalue weighted by atomic mass is 19.4. The van der Waals surface area contributed by atoms with E-state index in [1.165, 1.54) is 42.5 Å². The number of halogens is 6. The minimum Gasteiger partial charge on any atom is -0.370 e. The molecule has 0 aliphatic carbocycles. The van der Waals surface area contributed by atoms with Crippen molar-refractivity contribution in [3.8, 4) is 0 Å². The van der Waals surface area contributed by atoms with Crippen LogP contribution in [0.3, 0.4) is 0 Å². The summed E-state index contributed by atoms with van der Waals surface area (Å²) in [7, 11) is 1.74. The Kier molecular flexibility index (Phi) is 5.73. The van der Waals surface area contributed by atoms with Crippen molar-refractivity contribution in [1.29, 1.82) is 0 Å². The molecule has 0 aromatic heterocycles. The molecule has 0 saturated carbocycles. The number of rotatable bonds is 2. The Hall–Kier alpha value is -3.27. The van der Waals surface area contributed by atoms with E-state index < -0.39 is 29.5 Å². The molecule has 2 aromatic rings. The van der Waals surface area contributed by atoms with Crippen LogP contribution in [-0.4, -0.2) is 31.0 Å².